The number of hydrogen-bond acceptors (Lipinski definition) is 3. The van der Waals surface area contributed by atoms with Crippen LogP contribution < -0.4 is 5.32 Å². The Balaban J connectivity index is 1.58. The number of hydrogen-bond donors (Lipinski definition) is 2. The number of fused-ring (bicyclic) bond motifs is 2. The van der Waals surface area contributed by atoms with Gasteiger partial charge in [0.15, 0.2) is 0 Å². The molecule has 0 bridgehead atoms. The van der Waals surface area contributed by atoms with Crippen molar-refractivity contribution in [2.24, 2.45) is 11.8 Å². The van der Waals surface area contributed by atoms with Crippen molar-refractivity contribution < 1.29 is 19.5 Å². The van der Waals surface area contributed by atoms with Crippen LogP contribution in [0.2, 0.25) is 0 Å². The van der Waals surface area contributed by atoms with Gasteiger partial charge in [-0.15, -0.1) is 0 Å². The fraction of sp³-hybridized carbons (Fsp3) is 0.345. The molecule has 4 rings (SSSR count). The van der Waals surface area contributed by atoms with E-state index in [1.807, 2.05) is 80.6 Å². The third-order valence-corrected chi connectivity index (χ3v) is 6.57. The van der Waals surface area contributed by atoms with E-state index in [-0.39, 0.29) is 24.2 Å². The Labute approximate surface area is 205 Å². The van der Waals surface area contributed by atoms with E-state index < -0.39 is 17.9 Å². The third-order valence-electron chi connectivity index (χ3n) is 6.57. The summed E-state index contributed by atoms with van der Waals surface area (Å²) in [6.07, 6.45) is 0.532. The predicted molar refractivity (Wildman–Crippen MR) is 135 cm³/mol. The van der Waals surface area contributed by atoms with E-state index in [0.29, 0.717) is 25.9 Å². The Morgan fingerprint density at radius 2 is 1.54 bits per heavy atom. The zero-order valence-electron chi connectivity index (χ0n) is 20.2. The predicted octanol–water partition coefficient (Wildman–Crippen LogP) is 4.55. The summed E-state index contributed by atoms with van der Waals surface area (Å²) < 4.78 is 0. The van der Waals surface area contributed by atoms with Crippen LogP contribution in [0.15, 0.2) is 66.7 Å². The van der Waals surface area contributed by atoms with Gasteiger partial charge in [0.2, 0.25) is 11.8 Å². The fourth-order valence-electron chi connectivity index (χ4n) is 4.86. The maximum atomic E-state index is 13.7. The number of carboxylic acids is 1. The van der Waals surface area contributed by atoms with Crippen LogP contribution in [0.3, 0.4) is 0 Å². The van der Waals surface area contributed by atoms with Gasteiger partial charge in [-0.3, -0.25) is 14.4 Å². The van der Waals surface area contributed by atoms with Gasteiger partial charge in [0, 0.05) is 25.4 Å². The van der Waals surface area contributed by atoms with Gasteiger partial charge in [0.05, 0.1) is 6.42 Å². The molecule has 0 radical (unpaired) electrons. The number of nitrogens with one attached hydrogen (secondary N) is 1. The molecule has 3 aromatic rings. The van der Waals surface area contributed by atoms with E-state index in [1.165, 1.54) is 0 Å². The summed E-state index contributed by atoms with van der Waals surface area (Å²) in [5.41, 5.74) is 3.16. The Kier molecular flexibility index (Phi) is 7.49. The lowest BCUT2D eigenvalue weighted by Crippen LogP contribution is -2.50. The summed E-state index contributed by atoms with van der Waals surface area (Å²) in [5.74, 6) is -2.07. The van der Waals surface area contributed by atoms with Crippen molar-refractivity contribution in [1.29, 1.82) is 0 Å². The number of benzene rings is 3. The lowest BCUT2D eigenvalue weighted by molar-refractivity contribution is -0.142. The number of rotatable bonds is 9. The number of carboxylic acid groups (broad SMARTS) is 1. The van der Waals surface area contributed by atoms with Crippen molar-refractivity contribution in [2.75, 3.05) is 0 Å². The molecule has 0 aliphatic carbocycles. The van der Waals surface area contributed by atoms with Gasteiger partial charge in [0.25, 0.3) is 0 Å². The van der Waals surface area contributed by atoms with Gasteiger partial charge in [0.1, 0.15) is 6.04 Å². The van der Waals surface area contributed by atoms with Crippen molar-refractivity contribution >= 4 is 28.6 Å². The minimum atomic E-state index is -1.02. The molecule has 1 heterocycles. The molecule has 35 heavy (non-hydrogen) atoms. The molecule has 0 unspecified atom stereocenters. The van der Waals surface area contributed by atoms with Gasteiger partial charge in [-0.05, 0) is 39.8 Å². The molecule has 6 nitrogen and oxygen atoms in total. The van der Waals surface area contributed by atoms with Gasteiger partial charge < -0.3 is 15.3 Å². The summed E-state index contributed by atoms with van der Waals surface area (Å²) >= 11 is 0. The molecule has 0 saturated heterocycles. The van der Waals surface area contributed by atoms with Crippen molar-refractivity contribution in [3.05, 3.63) is 83.4 Å². The highest BCUT2D eigenvalue weighted by Crippen LogP contribution is 2.25. The molecule has 6 heteroatoms. The van der Waals surface area contributed by atoms with Crippen molar-refractivity contribution in [3.63, 3.8) is 0 Å². The summed E-state index contributed by atoms with van der Waals surface area (Å²) in [6.45, 7) is 4.93. The maximum Gasteiger partial charge on any atom is 0.304 e. The monoisotopic (exact) mass is 472 g/mol. The fourth-order valence-corrected chi connectivity index (χ4v) is 4.86. The van der Waals surface area contributed by atoms with E-state index >= 15 is 0 Å². The summed E-state index contributed by atoms with van der Waals surface area (Å²) in [7, 11) is 0. The Bertz CT molecular complexity index is 1210. The maximum absolute atomic E-state index is 13.7. The number of carbonyl (C=O) groups excluding carboxylic acids is 2. The highest BCUT2D eigenvalue weighted by atomic mass is 16.4. The van der Waals surface area contributed by atoms with Crippen LogP contribution in [0.1, 0.15) is 43.4 Å². The number of aliphatic carboxylic acids is 1. The van der Waals surface area contributed by atoms with Gasteiger partial charge >= 0.3 is 5.97 Å². The van der Waals surface area contributed by atoms with E-state index in [1.54, 1.807) is 4.90 Å². The Morgan fingerprint density at radius 1 is 0.914 bits per heavy atom. The van der Waals surface area contributed by atoms with Crippen LogP contribution in [0.5, 0.6) is 0 Å². The Morgan fingerprint density at radius 3 is 2.17 bits per heavy atom. The van der Waals surface area contributed by atoms with Crippen molar-refractivity contribution in [1.82, 2.24) is 10.2 Å². The highest BCUT2D eigenvalue weighted by molar-refractivity contribution is 5.90. The average Bonchev–Trinajstić information content (AvgIpc) is 3.26. The summed E-state index contributed by atoms with van der Waals surface area (Å²) in [5, 5.41) is 14.5. The van der Waals surface area contributed by atoms with Crippen LogP contribution in [0.4, 0.5) is 0 Å². The molecule has 0 fully saturated rings. The minimum Gasteiger partial charge on any atom is -0.481 e. The van der Waals surface area contributed by atoms with E-state index in [0.717, 1.165) is 27.5 Å². The van der Waals surface area contributed by atoms with Crippen LogP contribution in [-0.2, 0) is 33.9 Å². The van der Waals surface area contributed by atoms with Crippen LogP contribution in [0, 0.1) is 11.8 Å². The molecule has 1 aliphatic heterocycles. The zero-order valence-corrected chi connectivity index (χ0v) is 20.2. The molecular weight excluding hydrogens is 440 g/mol. The SMILES string of the molecule is CC(C)C[C@H](CC(=O)O)C(=O)N[C@@H](Cc1ccc2ccccc2c1)C(=O)N1Cc2ccccc2C1. The smallest absolute Gasteiger partial charge is 0.304 e. The van der Waals surface area contributed by atoms with E-state index in [4.69, 9.17) is 0 Å². The summed E-state index contributed by atoms with van der Waals surface area (Å²) in [4.78, 5) is 40.1. The largest absolute Gasteiger partial charge is 0.481 e. The molecule has 1 aliphatic rings. The first-order valence-corrected chi connectivity index (χ1v) is 12.2. The molecule has 2 N–H and O–H groups in total. The highest BCUT2D eigenvalue weighted by Gasteiger charge is 2.32. The van der Waals surface area contributed by atoms with E-state index in [9.17, 15) is 19.5 Å². The second-order valence-corrected chi connectivity index (χ2v) is 9.83. The number of amides is 2. The molecule has 2 atom stereocenters. The molecule has 3 aromatic carbocycles. The van der Waals surface area contributed by atoms with Crippen LogP contribution in [-0.4, -0.2) is 33.8 Å². The molecule has 2 amide bonds. The first kappa shape index (κ1) is 24.5. The van der Waals surface area contributed by atoms with Crippen molar-refractivity contribution in [3.8, 4) is 0 Å². The molecule has 0 aromatic heterocycles. The molecule has 0 spiro atoms. The Hall–Kier alpha value is -3.67. The molecule has 0 saturated carbocycles. The quantitative estimate of drug-likeness (QED) is 0.479. The zero-order chi connectivity index (χ0) is 24.9. The molecule has 182 valence electrons. The second-order valence-electron chi connectivity index (χ2n) is 9.83. The topological polar surface area (TPSA) is 86.7 Å². The van der Waals surface area contributed by atoms with Crippen LogP contribution >= 0.6 is 0 Å². The average molecular weight is 473 g/mol. The third kappa shape index (κ3) is 6.07. The molecular formula is C29H32N2O4. The standard InChI is InChI=1S/C29H32N2O4/c1-19(2)13-25(16-27(32)33)28(34)30-26(15-20-11-12-21-7-3-4-8-22(21)14-20)29(35)31-17-23-9-5-6-10-24(23)18-31/h3-12,14,19,25-26H,13,15-18H2,1-2H3,(H,30,34)(H,32,33)/t25-,26+/m1/s1. The lowest BCUT2D eigenvalue weighted by atomic mass is 9.92. The van der Waals surface area contributed by atoms with Gasteiger partial charge in [-0.25, -0.2) is 0 Å². The van der Waals surface area contributed by atoms with Crippen molar-refractivity contribution in [2.45, 2.75) is 52.2 Å². The van der Waals surface area contributed by atoms with E-state index in [2.05, 4.69) is 5.32 Å². The second kappa shape index (κ2) is 10.7. The van der Waals surface area contributed by atoms with Gasteiger partial charge in [-0.1, -0.05) is 80.6 Å². The van der Waals surface area contributed by atoms with Gasteiger partial charge in [-0.2, -0.15) is 0 Å². The first-order valence-electron chi connectivity index (χ1n) is 12.2. The minimum absolute atomic E-state index is 0.152. The van der Waals surface area contributed by atoms with Crippen LogP contribution in [0.25, 0.3) is 10.8 Å². The lowest BCUT2D eigenvalue weighted by Gasteiger charge is -2.26. The summed E-state index contributed by atoms with van der Waals surface area (Å²) in [6, 6.07) is 21.2. The normalized spacial score (nSPS) is 14.5. The number of carbonyl (C=O) groups is 3. The number of nitrogens with zero attached hydrogens (tertiary/aromatic N) is 1. The first-order chi connectivity index (χ1) is 16.8.